The Labute approximate surface area is 105 Å². The van der Waals surface area contributed by atoms with Gasteiger partial charge in [0.2, 0.25) is 0 Å². The minimum atomic E-state index is 0.0943. The van der Waals surface area contributed by atoms with Crippen LogP contribution in [0.4, 0.5) is 0 Å². The molecule has 1 N–H and O–H groups in total. The molecule has 3 nitrogen and oxygen atoms in total. The van der Waals surface area contributed by atoms with Crippen molar-refractivity contribution >= 4 is 0 Å². The van der Waals surface area contributed by atoms with Crippen LogP contribution < -0.4 is 5.32 Å². The van der Waals surface area contributed by atoms with Gasteiger partial charge in [-0.25, -0.2) is 0 Å². The number of hydrogen-bond donors (Lipinski definition) is 1. The van der Waals surface area contributed by atoms with Crippen molar-refractivity contribution in [3.63, 3.8) is 0 Å². The zero-order chi connectivity index (χ0) is 12.9. The Morgan fingerprint density at radius 1 is 1.47 bits per heavy atom. The normalized spacial score (nSPS) is 11.5. The van der Waals surface area contributed by atoms with Crippen molar-refractivity contribution in [2.75, 3.05) is 6.54 Å². The van der Waals surface area contributed by atoms with Gasteiger partial charge in [0.05, 0.1) is 5.69 Å². The zero-order valence-corrected chi connectivity index (χ0v) is 11.4. The van der Waals surface area contributed by atoms with E-state index in [1.807, 2.05) is 11.7 Å². The summed E-state index contributed by atoms with van der Waals surface area (Å²) < 4.78 is 1.89. The van der Waals surface area contributed by atoms with Gasteiger partial charge in [-0.2, -0.15) is 5.10 Å². The Hall–Kier alpha value is -1.27. The van der Waals surface area contributed by atoms with Crippen molar-refractivity contribution in [1.29, 1.82) is 0 Å². The smallest absolute Gasteiger partial charge is 0.0722 e. The van der Waals surface area contributed by atoms with Crippen molar-refractivity contribution < 1.29 is 0 Å². The van der Waals surface area contributed by atoms with Gasteiger partial charge >= 0.3 is 0 Å². The van der Waals surface area contributed by atoms with Crippen LogP contribution in [0.1, 0.15) is 44.9 Å². The molecule has 17 heavy (non-hydrogen) atoms. The van der Waals surface area contributed by atoms with E-state index in [4.69, 9.17) is 6.42 Å². The molecule has 0 bridgehead atoms. The topological polar surface area (TPSA) is 29.9 Å². The minimum absolute atomic E-state index is 0.0943. The third-order valence-electron chi connectivity index (χ3n) is 2.61. The lowest BCUT2D eigenvalue weighted by molar-refractivity contribution is 0.543. The van der Waals surface area contributed by atoms with E-state index in [1.165, 1.54) is 11.3 Å². The van der Waals surface area contributed by atoms with E-state index in [-0.39, 0.29) is 5.41 Å². The van der Waals surface area contributed by atoms with Crippen LogP contribution in [-0.2, 0) is 19.0 Å². The molecule has 1 aromatic rings. The molecule has 0 radical (unpaired) electrons. The van der Waals surface area contributed by atoms with Crippen LogP contribution in [0.3, 0.4) is 0 Å². The monoisotopic (exact) mass is 233 g/mol. The SMILES string of the molecule is C#CCCCNCc1cn(C)nc1C(C)(C)C. The predicted octanol–water partition coefficient (Wildman–Crippen LogP) is 2.22. The fourth-order valence-corrected chi connectivity index (χ4v) is 1.84. The van der Waals surface area contributed by atoms with Gasteiger partial charge in [0.15, 0.2) is 0 Å². The van der Waals surface area contributed by atoms with Crippen molar-refractivity contribution in [3.8, 4) is 12.3 Å². The fourth-order valence-electron chi connectivity index (χ4n) is 1.84. The average Bonchev–Trinajstić information content (AvgIpc) is 2.59. The van der Waals surface area contributed by atoms with E-state index in [0.717, 1.165) is 25.9 Å². The maximum absolute atomic E-state index is 5.22. The maximum Gasteiger partial charge on any atom is 0.0722 e. The molecule has 0 aromatic carbocycles. The van der Waals surface area contributed by atoms with Gasteiger partial charge in [0, 0.05) is 37.2 Å². The van der Waals surface area contributed by atoms with Gasteiger partial charge in [0.1, 0.15) is 0 Å². The Morgan fingerprint density at radius 3 is 2.76 bits per heavy atom. The quantitative estimate of drug-likeness (QED) is 0.624. The molecule has 1 heterocycles. The lowest BCUT2D eigenvalue weighted by Gasteiger charge is -2.17. The van der Waals surface area contributed by atoms with Gasteiger partial charge in [0.25, 0.3) is 0 Å². The summed E-state index contributed by atoms with van der Waals surface area (Å²) in [5.41, 5.74) is 2.54. The number of unbranched alkanes of at least 4 members (excludes halogenated alkanes) is 1. The first-order valence-corrected chi connectivity index (χ1v) is 6.12. The highest BCUT2D eigenvalue weighted by Crippen LogP contribution is 2.23. The molecule has 0 amide bonds. The number of rotatable bonds is 5. The maximum atomic E-state index is 5.22. The highest BCUT2D eigenvalue weighted by atomic mass is 15.3. The molecule has 0 aliphatic carbocycles. The lowest BCUT2D eigenvalue weighted by Crippen LogP contribution is -2.19. The standard InChI is InChI=1S/C14H23N3/c1-6-7-8-9-15-10-12-11-17(5)16-13(12)14(2,3)4/h1,11,15H,7-10H2,2-5H3. The van der Waals surface area contributed by atoms with Crippen LogP contribution in [0.5, 0.6) is 0 Å². The third kappa shape index (κ3) is 4.24. The highest BCUT2D eigenvalue weighted by Gasteiger charge is 2.21. The number of nitrogens with zero attached hydrogens (tertiary/aromatic N) is 2. The summed E-state index contributed by atoms with van der Waals surface area (Å²) in [5, 5.41) is 7.95. The number of nitrogens with one attached hydrogen (secondary N) is 1. The van der Waals surface area contributed by atoms with Gasteiger partial charge in [-0.05, 0) is 13.0 Å². The van der Waals surface area contributed by atoms with E-state index in [2.05, 4.69) is 43.3 Å². The lowest BCUT2D eigenvalue weighted by atomic mass is 9.89. The van der Waals surface area contributed by atoms with Gasteiger partial charge < -0.3 is 5.32 Å². The first-order valence-electron chi connectivity index (χ1n) is 6.12. The van der Waals surface area contributed by atoms with E-state index in [1.54, 1.807) is 0 Å². The van der Waals surface area contributed by atoms with Crippen LogP contribution in [0.2, 0.25) is 0 Å². The molecule has 0 atom stereocenters. The first-order chi connectivity index (χ1) is 7.95. The summed E-state index contributed by atoms with van der Waals surface area (Å²) in [7, 11) is 1.97. The van der Waals surface area contributed by atoms with Crippen LogP contribution in [0.15, 0.2) is 6.20 Å². The largest absolute Gasteiger partial charge is 0.313 e. The molecular formula is C14H23N3. The second-order valence-electron chi connectivity index (χ2n) is 5.41. The Kier molecular flexibility index (Phi) is 4.77. The molecule has 3 heteroatoms. The summed E-state index contributed by atoms with van der Waals surface area (Å²) in [4.78, 5) is 0. The predicted molar refractivity (Wildman–Crippen MR) is 71.7 cm³/mol. The molecule has 1 rings (SSSR count). The molecule has 0 saturated carbocycles. The van der Waals surface area contributed by atoms with Crippen molar-refractivity contribution in [1.82, 2.24) is 15.1 Å². The Bertz CT molecular complexity index is 391. The molecule has 0 aliphatic rings. The van der Waals surface area contributed by atoms with Crippen molar-refractivity contribution in [2.45, 2.75) is 45.6 Å². The summed E-state index contributed by atoms with van der Waals surface area (Å²) in [6, 6.07) is 0. The van der Waals surface area contributed by atoms with Crippen molar-refractivity contribution in [2.24, 2.45) is 7.05 Å². The van der Waals surface area contributed by atoms with E-state index < -0.39 is 0 Å². The van der Waals surface area contributed by atoms with Crippen molar-refractivity contribution in [3.05, 3.63) is 17.5 Å². The first kappa shape index (κ1) is 13.8. The Balaban J connectivity index is 2.56. The molecule has 1 aromatic heterocycles. The summed E-state index contributed by atoms with van der Waals surface area (Å²) in [6.45, 7) is 8.40. The van der Waals surface area contributed by atoms with Crippen LogP contribution in [-0.4, -0.2) is 16.3 Å². The van der Waals surface area contributed by atoms with E-state index in [0.29, 0.717) is 0 Å². The molecule has 0 spiro atoms. The van der Waals surface area contributed by atoms with Crippen LogP contribution >= 0.6 is 0 Å². The van der Waals surface area contributed by atoms with E-state index >= 15 is 0 Å². The number of terminal acetylenes is 1. The van der Waals surface area contributed by atoms with Gasteiger partial charge in [-0.15, -0.1) is 12.3 Å². The molecule has 0 aliphatic heterocycles. The Morgan fingerprint density at radius 2 is 2.18 bits per heavy atom. The van der Waals surface area contributed by atoms with Gasteiger partial charge in [-0.3, -0.25) is 4.68 Å². The summed E-state index contributed by atoms with van der Waals surface area (Å²) in [5.74, 6) is 2.65. The summed E-state index contributed by atoms with van der Waals surface area (Å²) in [6.07, 6.45) is 9.18. The highest BCUT2D eigenvalue weighted by molar-refractivity contribution is 5.23. The summed E-state index contributed by atoms with van der Waals surface area (Å²) >= 11 is 0. The second kappa shape index (κ2) is 5.88. The molecule has 0 fully saturated rings. The zero-order valence-electron chi connectivity index (χ0n) is 11.4. The fraction of sp³-hybridized carbons (Fsp3) is 0.643. The third-order valence-corrected chi connectivity index (χ3v) is 2.61. The van der Waals surface area contributed by atoms with Crippen LogP contribution in [0, 0.1) is 12.3 Å². The second-order valence-corrected chi connectivity index (χ2v) is 5.41. The molecule has 0 unspecified atom stereocenters. The molecule has 0 saturated heterocycles. The number of hydrogen-bond acceptors (Lipinski definition) is 2. The molecular weight excluding hydrogens is 210 g/mol. The number of aryl methyl sites for hydroxylation is 1. The van der Waals surface area contributed by atoms with E-state index in [9.17, 15) is 0 Å². The van der Waals surface area contributed by atoms with Crippen LogP contribution in [0.25, 0.3) is 0 Å². The molecule has 94 valence electrons. The van der Waals surface area contributed by atoms with Gasteiger partial charge in [-0.1, -0.05) is 20.8 Å². The minimum Gasteiger partial charge on any atom is -0.313 e. The number of aromatic nitrogens is 2. The average molecular weight is 233 g/mol.